The van der Waals surface area contributed by atoms with Crippen LogP contribution in [0.5, 0.6) is 11.5 Å². The fourth-order valence-corrected chi connectivity index (χ4v) is 3.80. The number of anilines is 2. The summed E-state index contributed by atoms with van der Waals surface area (Å²) in [7, 11) is 0. The quantitative estimate of drug-likeness (QED) is 0.538. The van der Waals surface area contributed by atoms with Gasteiger partial charge in [-0.1, -0.05) is 18.5 Å². The van der Waals surface area contributed by atoms with E-state index in [2.05, 4.69) is 22.0 Å². The number of benzene rings is 2. The molecule has 1 amide bonds. The van der Waals surface area contributed by atoms with Crippen molar-refractivity contribution in [3.05, 3.63) is 47.5 Å². The van der Waals surface area contributed by atoms with Gasteiger partial charge in [-0.15, -0.1) is 0 Å². The lowest BCUT2D eigenvalue weighted by atomic mass is 10.2. The Labute approximate surface area is 190 Å². The molecule has 1 fully saturated rings. The Morgan fingerprint density at radius 1 is 1.00 bits per heavy atom. The summed E-state index contributed by atoms with van der Waals surface area (Å²) in [6.45, 7) is 10.2. The van der Waals surface area contributed by atoms with Crippen LogP contribution in [0.2, 0.25) is 5.02 Å². The Kier molecular flexibility index (Phi) is 8.85. The first kappa shape index (κ1) is 23.2. The number of hydrogen-bond acceptors (Lipinski definition) is 5. The fourth-order valence-electron chi connectivity index (χ4n) is 3.62. The molecule has 2 aromatic carbocycles. The maximum Gasteiger partial charge on any atom is 0.224 e. The zero-order valence-corrected chi connectivity index (χ0v) is 19.2. The number of nitrogens with one attached hydrogen (secondary N) is 1. The molecule has 0 unspecified atom stereocenters. The molecule has 0 spiro atoms. The third-order valence-electron chi connectivity index (χ3n) is 5.34. The van der Waals surface area contributed by atoms with E-state index in [1.165, 1.54) is 0 Å². The van der Waals surface area contributed by atoms with Gasteiger partial charge in [0.25, 0.3) is 0 Å². The normalized spacial score (nSPS) is 14.4. The molecule has 6 nitrogen and oxygen atoms in total. The number of halogens is 1. The monoisotopic (exact) mass is 445 g/mol. The molecule has 1 aliphatic heterocycles. The van der Waals surface area contributed by atoms with E-state index in [0.717, 1.165) is 55.6 Å². The van der Waals surface area contributed by atoms with Crippen molar-refractivity contribution in [2.24, 2.45) is 0 Å². The summed E-state index contributed by atoms with van der Waals surface area (Å²) in [4.78, 5) is 17.3. The third-order valence-corrected chi connectivity index (χ3v) is 5.58. The van der Waals surface area contributed by atoms with Crippen LogP contribution in [0.15, 0.2) is 42.5 Å². The third kappa shape index (κ3) is 7.04. The standard InChI is InChI=1S/C24H32ClN3O3/c1-3-27-13-15-28(16-14-27)23-12-7-19(25)18-22(23)26-24(29)6-5-17-31-21-10-8-20(9-11-21)30-4-2/h7-12,18H,3-6,13-17H2,1-2H3,(H,26,29). The Bertz CT molecular complexity index is 836. The van der Waals surface area contributed by atoms with E-state index >= 15 is 0 Å². The van der Waals surface area contributed by atoms with Crippen LogP contribution in [0.1, 0.15) is 26.7 Å². The molecular weight excluding hydrogens is 414 g/mol. The molecule has 0 aliphatic carbocycles. The minimum absolute atomic E-state index is 0.0361. The van der Waals surface area contributed by atoms with Crippen molar-refractivity contribution in [2.75, 3.05) is 56.2 Å². The van der Waals surface area contributed by atoms with Crippen molar-refractivity contribution in [3.8, 4) is 11.5 Å². The highest BCUT2D eigenvalue weighted by Gasteiger charge is 2.19. The second-order valence-corrected chi connectivity index (χ2v) is 7.92. The molecule has 3 rings (SSSR count). The van der Waals surface area contributed by atoms with Crippen molar-refractivity contribution in [1.29, 1.82) is 0 Å². The Morgan fingerprint density at radius 2 is 1.68 bits per heavy atom. The lowest BCUT2D eigenvalue weighted by molar-refractivity contribution is -0.116. The summed E-state index contributed by atoms with van der Waals surface area (Å²) >= 11 is 6.20. The molecule has 0 aromatic heterocycles. The second kappa shape index (κ2) is 11.8. The fraction of sp³-hybridized carbons (Fsp3) is 0.458. The van der Waals surface area contributed by atoms with E-state index in [-0.39, 0.29) is 5.91 Å². The predicted octanol–water partition coefficient (Wildman–Crippen LogP) is 4.68. The number of hydrogen-bond donors (Lipinski definition) is 1. The van der Waals surface area contributed by atoms with Crippen LogP contribution in [0.4, 0.5) is 11.4 Å². The Hall–Kier alpha value is -2.44. The van der Waals surface area contributed by atoms with E-state index in [4.69, 9.17) is 21.1 Å². The smallest absolute Gasteiger partial charge is 0.224 e. The Balaban J connectivity index is 1.48. The van der Waals surface area contributed by atoms with Gasteiger partial charge in [0.05, 0.1) is 24.6 Å². The maximum absolute atomic E-state index is 12.5. The number of nitrogens with zero attached hydrogens (tertiary/aromatic N) is 2. The number of carbonyl (C=O) groups excluding carboxylic acids is 1. The van der Waals surface area contributed by atoms with Gasteiger partial charge in [0.2, 0.25) is 5.91 Å². The summed E-state index contributed by atoms with van der Waals surface area (Å²) in [5.74, 6) is 1.56. The highest BCUT2D eigenvalue weighted by molar-refractivity contribution is 6.31. The molecule has 168 valence electrons. The van der Waals surface area contributed by atoms with Gasteiger partial charge < -0.3 is 24.6 Å². The van der Waals surface area contributed by atoms with E-state index in [1.54, 1.807) is 0 Å². The molecule has 1 saturated heterocycles. The summed E-state index contributed by atoms with van der Waals surface area (Å²) in [6.07, 6.45) is 1.01. The molecule has 1 N–H and O–H groups in total. The SMILES string of the molecule is CCOc1ccc(OCCCC(=O)Nc2cc(Cl)ccc2N2CCN(CC)CC2)cc1. The van der Waals surface area contributed by atoms with Gasteiger partial charge in [0.15, 0.2) is 0 Å². The minimum atomic E-state index is -0.0361. The van der Waals surface area contributed by atoms with E-state index in [1.807, 2.05) is 49.4 Å². The van der Waals surface area contributed by atoms with Gasteiger partial charge in [-0.3, -0.25) is 4.79 Å². The van der Waals surface area contributed by atoms with Crippen LogP contribution >= 0.6 is 11.6 Å². The maximum atomic E-state index is 12.5. The number of rotatable bonds is 10. The van der Waals surface area contributed by atoms with Gasteiger partial charge in [-0.05, 0) is 62.4 Å². The number of piperazine rings is 1. The predicted molar refractivity (Wildman–Crippen MR) is 127 cm³/mol. The number of amides is 1. The molecule has 0 atom stereocenters. The van der Waals surface area contributed by atoms with Gasteiger partial charge in [-0.25, -0.2) is 0 Å². The van der Waals surface area contributed by atoms with E-state index in [0.29, 0.717) is 31.1 Å². The minimum Gasteiger partial charge on any atom is -0.494 e. The summed E-state index contributed by atoms with van der Waals surface area (Å²) in [5.41, 5.74) is 1.80. The van der Waals surface area contributed by atoms with Gasteiger partial charge in [-0.2, -0.15) is 0 Å². The van der Waals surface area contributed by atoms with Crippen LogP contribution in [0.3, 0.4) is 0 Å². The zero-order valence-electron chi connectivity index (χ0n) is 18.4. The molecule has 31 heavy (non-hydrogen) atoms. The molecular formula is C24H32ClN3O3. The van der Waals surface area contributed by atoms with Crippen LogP contribution in [-0.2, 0) is 4.79 Å². The number of likely N-dealkylation sites (N-methyl/N-ethyl adjacent to an activating group) is 1. The van der Waals surface area contributed by atoms with Crippen molar-refractivity contribution in [1.82, 2.24) is 4.90 Å². The molecule has 7 heteroatoms. The lowest BCUT2D eigenvalue weighted by Crippen LogP contribution is -2.46. The average Bonchev–Trinajstić information content (AvgIpc) is 2.78. The first-order valence-electron chi connectivity index (χ1n) is 11.0. The van der Waals surface area contributed by atoms with Crippen LogP contribution in [0.25, 0.3) is 0 Å². The number of carbonyl (C=O) groups is 1. The Morgan fingerprint density at radius 3 is 2.32 bits per heavy atom. The average molecular weight is 446 g/mol. The lowest BCUT2D eigenvalue weighted by Gasteiger charge is -2.36. The highest BCUT2D eigenvalue weighted by atomic mass is 35.5. The molecule has 2 aromatic rings. The van der Waals surface area contributed by atoms with Gasteiger partial charge in [0, 0.05) is 37.6 Å². The van der Waals surface area contributed by atoms with E-state index in [9.17, 15) is 4.79 Å². The first-order chi connectivity index (χ1) is 15.1. The van der Waals surface area contributed by atoms with Crippen molar-refractivity contribution >= 4 is 28.9 Å². The zero-order chi connectivity index (χ0) is 22.1. The van der Waals surface area contributed by atoms with Gasteiger partial charge in [0.1, 0.15) is 11.5 Å². The first-order valence-corrected chi connectivity index (χ1v) is 11.4. The molecule has 0 radical (unpaired) electrons. The van der Waals surface area contributed by atoms with Crippen molar-refractivity contribution in [2.45, 2.75) is 26.7 Å². The van der Waals surface area contributed by atoms with Crippen LogP contribution < -0.4 is 19.7 Å². The topological polar surface area (TPSA) is 54.0 Å². The summed E-state index contributed by atoms with van der Waals surface area (Å²) in [6, 6.07) is 13.2. The second-order valence-electron chi connectivity index (χ2n) is 7.49. The van der Waals surface area contributed by atoms with Crippen LogP contribution in [-0.4, -0.2) is 56.7 Å². The van der Waals surface area contributed by atoms with Gasteiger partial charge >= 0.3 is 0 Å². The molecule has 0 bridgehead atoms. The van der Waals surface area contributed by atoms with E-state index < -0.39 is 0 Å². The molecule has 0 saturated carbocycles. The molecule has 1 aliphatic rings. The summed E-state index contributed by atoms with van der Waals surface area (Å²) in [5, 5.41) is 3.66. The van der Waals surface area contributed by atoms with Crippen LogP contribution in [0, 0.1) is 0 Å². The van der Waals surface area contributed by atoms with Crippen molar-refractivity contribution < 1.29 is 14.3 Å². The number of ether oxygens (including phenoxy) is 2. The molecule has 1 heterocycles. The highest BCUT2D eigenvalue weighted by Crippen LogP contribution is 2.30. The largest absolute Gasteiger partial charge is 0.494 e. The van der Waals surface area contributed by atoms with Crippen molar-refractivity contribution in [3.63, 3.8) is 0 Å². The summed E-state index contributed by atoms with van der Waals surface area (Å²) < 4.78 is 11.2.